The van der Waals surface area contributed by atoms with Crippen molar-refractivity contribution in [1.29, 1.82) is 0 Å². The number of halogens is 4. The molecule has 7 rings (SSSR count). The third-order valence-electron chi connectivity index (χ3n) is 6.88. The third-order valence-corrected chi connectivity index (χ3v) is 9.54. The number of nitrogens with zero attached hydrogens (tertiary/aromatic N) is 8. The minimum atomic E-state index is -0.393. The second kappa shape index (κ2) is 12.4. The van der Waals surface area contributed by atoms with Gasteiger partial charge < -0.3 is 21.7 Å². The molecule has 1 amide bonds. The van der Waals surface area contributed by atoms with Crippen LogP contribution in [0.4, 0.5) is 17.3 Å². The van der Waals surface area contributed by atoms with Gasteiger partial charge in [-0.05, 0) is 84.9 Å². The van der Waals surface area contributed by atoms with Crippen molar-refractivity contribution >= 4 is 111 Å². The molecule has 218 valence electrons. The van der Waals surface area contributed by atoms with Gasteiger partial charge in [0.15, 0.2) is 5.65 Å². The summed E-state index contributed by atoms with van der Waals surface area (Å²) < 4.78 is 4.10. The highest BCUT2D eigenvalue weighted by Crippen LogP contribution is 2.34. The Morgan fingerprint density at radius 1 is 1.00 bits per heavy atom. The molecule has 0 saturated carbocycles. The predicted octanol–water partition coefficient (Wildman–Crippen LogP) is 5.28. The zero-order chi connectivity index (χ0) is 30.2. The number of nitrogens with two attached hydrogens (primary N) is 2. The van der Waals surface area contributed by atoms with E-state index in [0.717, 1.165) is 30.7 Å². The Balaban J connectivity index is 0.000000250. The number of carbonyl (C=O) groups excluding carboxylic acids is 1. The van der Waals surface area contributed by atoms with Crippen LogP contribution in [0.5, 0.6) is 0 Å². The molecule has 0 bridgehead atoms. The van der Waals surface area contributed by atoms with Gasteiger partial charge in [-0.25, -0.2) is 24.6 Å². The lowest BCUT2D eigenvalue weighted by Crippen LogP contribution is -2.50. The van der Waals surface area contributed by atoms with Gasteiger partial charge in [0.25, 0.3) is 5.91 Å². The minimum absolute atomic E-state index is 0.101. The molecule has 2 aliphatic heterocycles. The highest BCUT2D eigenvalue weighted by atomic mass is 127. The van der Waals surface area contributed by atoms with Crippen LogP contribution in [0, 0.1) is 3.70 Å². The van der Waals surface area contributed by atoms with Crippen molar-refractivity contribution in [2.75, 3.05) is 16.8 Å². The maximum atomic E-state index is 13.6. The molecule has 0 radical (unpaired) electrons. The number of carbonyl (C=O) groups is 1. The van der Waals surface area contributed by atoms with Gasteiger partial charge >= 0.3 is 0 Å². The molecule has 1 unspecified atom stereocenters. The van der Waals surface area contributed by atoms with Crippen molar-refractivity contribution in [2.45, 2.75) is 25.8 Å². The van der Waals surface area contributed by atoms with E-state index < -0.39 is 6.17 Å². The molecule has 5 heterocycles. The number of aliphatic imine (C=N–C) groups is 1. The highest BCUT2D eigenvalue weighted by molar-refractivity contribution is 14.1. The fourth-order valence-electron chi connectivity index (χ4n) is 4.82. The number of nitrogens with one attached hydrogen (secondary N) is 1. The van der Waals surface area contributed by atoms with Crippen molar-refractivity contribution in [1.82, 2.24) is 34.6 Å². The van der Waals surface area contributed by atoms with Gasteiger partial charge in [-0.15, -0.1) is 0 Å². The molecule has 2 aromatic carbocycles. The van der Waals surface area contributed by atoms with Crippen LogP contribution in [0.25, 0.3) is 11.0 Å². The van der Waals surface area contributed by atoms with Crippen LogP contribution in [-0.4, -0.2) is 50.4 Å². The maximum absolute atomic E-state index is 13.6. The number of hydrogen-bond donors (Lipinski definition) is 3. The molecule has 12 nitrogen and oxygen atoms in total. The van der Waals surface area contributed by atoms with Gasteiger partial charge in [0, 0.05) is 21.7 Å². The van der Waals surface area contributed by atoms with Crippen molar-refractivity contribution in [3.63, 3.8) is 0 Å². The van der Waals surface area contributed by atoms with Crippen molar-refractivity contribution in [3.05, 3.63) is 90.7 Å². The van der Waals surface area contributed by atoms with Crippen molar-refractivity contribution in [3.8, 4) is 0 Å². The van der Waals surface area contributed by atoms with Crippen LogP contribution in [0.1, 0.15) is 27.2 Å². The summed E-state index contributed by atoms with van der Waals surface area (Å²) in [6, 6.07) is 13.2. The van der Waals surface area contributed by atoms with Gasteiger partial charge in [0.2, 0.25) is 0 Å². The van der Waals surface area contributed by atoms with Crippen molar-refractivity contribution in [2.24, 2.45) is 4.99 Å². The molecule has 0 spiro atoms. The lowest BCUT2D eigenvalue weighted by Gasteiger charge is -2.38. The molecule has 5 N–H and O–H groups in total. The van der Waals surface area contributed by atoms with Crippen LogP contribution in [0.3, 0.4) is 0 Å². The van der Waals surface area contributed by atoms with E-state index in [-0.39, 0.29) is 5.91 Å². The molecule has 0 fully saturated rings. The van der Waals surface area contributed by atoms with Gasteiger partial charge in [-0.2, -0.15) is 5.10 Å². The second-order valence-corrected chi connectivity index (χ2v) is 12.8. The number of hydrogen-bond acceptors (Lipinski definition) is 10. The molecule has 2 aliphatic rings. The van der Waals surface area contributed by atoms with Crippen LogP contribution < -0.4 is 16.8 Å². The van der Waals surface area contributed by atoms with Crippen molar-refractivity contribution < 1.29 is 4.79 Å². The Kier molecular flexibility index (Phi) is 8.65. The maximum Gasteiger partial charge on any atom is 0.259 e. The number of fused-ring (bicyclic) bond motifs is 3. The van der Waals surface area contributed by atoms with Crippen LogP contribution in [0.15, 0.2) is 64.6 Å². The van der Waals surface area contributed by atoms with E-state index in [4.69, 9.17) is 23.1 Å². The molecule has 1 atom stereocenters. The van der Waals surface area contributed by atoms with Gasteiger partial charge in [-0.3, -0.25) is 9.79 Å². The van der Waals surface area contributed by atoms with Crippen LogP contribution in [-0.2, 0) is 19.6 Å². The SMILES string of the molecule is Nc1ncnc2c1C(I)=NC2.Nc1ncnc2c1c(I)nn2CC1Nc2cccc(Br)c2C(=O)N1Cc1ccccc1Cl. The highest BCUT2D eigenvalue weighted by Gasteiger charge is 2.34. The number of aromatic nitrogens is 6. The minimum Gasteiger partial charge on any atom is -0.383 e. The molecule has 0 saturated heterocycles. The van der Waals surface area contributed by atoms with Crippen LogP contribution >= 0.6 is 72.7 Å². The molecular formula is C27H21BrClI2N11O. The summed E-state index contributed by atoms with van der Waals surface area (Å²) in [4.78, 5) is 35.9. The fourth-order valence-corrected chi connectivity index (χ4v) is 7.09. The molecule has 0 aliphatic carbocycles. The average molecular weight is 885 g/mol. The standard InChI is InChI=1S/C21H16BrClIN7O.C6H5IN4/c22-12-5-3-7-14-16(12)21(32)30(8-11-4-1-2-6-13(11)23)15(28-14)9-31-20-17(18(24)29-31)19(25)26-10-27-20;7-5-4-3(1-9-5)10-2-11-6(4)8/h1-7,10,15,28H,8-9H2,(H2,25,26,27);2H,1H2,(H2,8,10,11). The lowest BCUT2D eigenvalue weighted by atomic mass is 10.1. The quantitative estimate of drug-likeness (QED) is 0.204. The fraction of sp³-hybridized carbons (Fsp3) is 0.148. The number of anilines is 3. The average Bonchev–Trinajstić information content (AvgIpc) is 3.52. The summed E-state index contributed by atoms with van der Waals surface area (Å²) in [6.45, 7) is 1.34. The van der Waals surface area contributed by atoms with E-state index >= 15 is 0 Å². The van der Waals surface area contributed by atoms with Gasteiger partial charge in [0.1, 0.15) is 37.9 Å². The summed E-state index contributed by atoms with van der Waals surface area (Å²) in [7, 11) is 0. The number of nitrogen functional groups attached to an aromatic ring is 2. The topological polar surface area (TPSA) is 166 Å². The second-order valence-electron chi connectivity index (χ2n) is 9.47. The largest absolute Gasteiger partial charge is 0.383 e. The zero-order valence-electron chi connectivity index (χ0n) is 22.0. The Hall–Kier alpha value is -3.16. The van der Waals surface area contributed by atoms with Crippen LogP contribution in [0.2, 0.25) is 5.02 Å². The summed E-state index contributed by atoms with van der Waals surface area (Å²) in [6.07, 6.45) is 2.49. The molecule has 3 aromatic heterocycles. The molecular weight excluding hydrogens is 864 g/mol. The van der Waals surface area contributed by atoms with E-state index in [9.17, 15) is 4.79 Å². The number of amides is 1. The van der Waals surface area contributed by atoms with E-state index in [1.165, 1.54) is 12.7 Å². The number of benzene rings is 2. The smallest absolute Gasteiger partial charge is 0.259 e. The Labute approximate surface area is 286 Å². The first-order valence-electron chi connectivity index (χ1n) is 12.7. The summed E-state index contributed by atoms with van der Waals surface area (Å²) in [5.41, 5.74) is 16.3. The Bertz CT molecular complexity index is 1920. The van der Waals surface area contributed by atoms with E-state index in [1.54, 1.807) is 9.58 Å². The monoisotopic (exact) mass is 883 g/mol. The van der Waals surface area contributed by atoms with E-state index in [2.05, 4.69) is 96.5 Å². The first kappa shape index (κ1) is 29.9. The van der Waals surface area contributed by atoms with Gasteiger partial charge in [-0.1, -0.05) is 35.9 Å². The Morgan fingerprint density at radius 2 is 1.77 bits per heavy atom. The van der Waals surface area contributed by atoms with Gasteiger partial charge in [0.05, 0.1) is 35.3 Å². The molecule has 5 aromatic rings. The normalized spacial score (nSPS) is 15.3. The van der Waals surface area contributed by atoms with E-state index in [0.29, 0.717) is 56.6 Å². The summed E-state index contributed by atoms with van der Waals surface area (Å²) in [5, 5.41) is 9.41. The first-order chi connectivity index (χ1) is 20.7. The molecule has 43 heavy (non-hydrogen) atoms. The number of rotatable bonds is 4. The first-order valence-corrected chi connectivity index (χ1v) is 16.1. The lowest BCUT2D eigenvalue weighted by molar-refractivity contribution is 0.0647. The summed E-state index contributed by atoms with van der Waals surface area (Å²) in [5.74, 6) is 0.803. The predicted molar refractivity (Wildman–Crippen MR) is 186 cm³/mol. The third kappa shape index (κ3) is 5.86. The Morgan fingerprint density at radius 3 is 2.56 bits per heavy atom. The molecule has 16 heteroatoms. The zero-order valence-corrected chi connectivity index (χ0v) is 28.7. The summed E-state index contributed by atoms with van der Waals surface area (Å²) >= 11 is 14.2. The van der Waals surface area contributed by atoms with E-state index in [1.807, 2.05) is 42.5 Å².